The fourth-order valence-corrected chi connectivity index (χ4v) is 2.80. The number of ether oxygens (including phenoxy) is 1. The Kier molecular flexibility index (Phi) is 6.10. The average molecular weight is 327 g/mol. The Labute approximate surface area is 135 Å². The van der Waals surface area contributed by atoms with Crippen molar-refractivity contribution in [3.8, 4) is 0 Å². The third-order valence-corrected chi connectivity index (χ3v) is 4.51. The van der Waals surface area contributed by atoms with Gasteiger partial charge in [0.15, 0.2) is 0 Å². The predicted octanol–water partition coefficient (Wildman–Crippen LogP) is -1.16. The molecule has 7 nitrogen and oxygen atoms in total. The van der Waals surface area contributed by atoms with Crippen LogP contribution in [0.15, 0.2) is 30.3 Å². The Bertz CT molecular complexity index is 485. The first kappa shape index (κ1) is 18.3. The number of hydrogen-bond acceptors (Lipinski definition) is 7. The molecule has 0 amide bonds. The smallest absolute Gasteiger partial charge is 0.140 e. The maximum absolute atomic E-state index is 10.5. The van der Waals surface area contributed by atoms with Gasteiger partial charge in [-0.2, -0.15) is 0 Å². The lowest BCUT2D eigenvalue weighted by atomic mass is 9.96. The molecule has 0 saturated carbocycles. The molecule has 1 aliphatic heterocycles. The van der Waals surface area contributed by atoms with Crippen molar-refractivity contribution in [1.82, 2.24) is 4.90 Å². The highest BCUT2D eigenvalue weighted by Crippen LogP contribution is 2.27. The molecule has 1 saturated heterocycles. The van der Waals surface area contributed by atoms with E-state index in [1.54, 1.807) is 31.0 Å². The van der Waals surface area contributed by atoms with Crippen molar-refractivity contribution in [3.05, 3.63) is 35.9 Å². The second-order valence-electron chi connectivity index (χ2n) is 5.98. The number of benzene rings is 1. The number of aliphatic hydroxyl groups excluding tert-OH is 5. The van der Waals surface area contributed by atoms with Gasteiger partial charge in [-0.3, -0.25) is 4.90 Å². The van der Waals surface area contributed by atoms with Crippen LogP contribution in [-0.4, -0.2) is 80.8 Å². The van der Waals surface area contributed by atoms with Crippen molar-refractivity contribution in [2.24, 2.45) is 0 Å². The molecule has 1 aromatic rings. The molecule has 2 rings (SSSR count). The summed E-state index contributed by atoms with van der Waals surface area (Å²) < 4.78 is 5.50. The first-order valence-corrected chi connectivity index (χ1v) is 7.64. The van der Waals surface area contributed by atoms with E-state index < -0.39 is 49.4 Å². The van der Waals surface area contributed by atoms with Gasteiger partial charge in [-0.15, -0.1) is 0 Å². The standard InChI is InChI=1S/C16H25NO6/c1-9(12(19)10-6-4-3-5-7-10)17(2)16-15(22)14(21)13(20)11(8-18)23-16/h3-7,9,11-16,18-22H,8H2,1-2H3/t9-,11+,12+,13-,14-,15+,16+/m0/s1. The normalized spacial score (nSPS) is 34.3. The monoisotopic (exact) mass is 327 g/mol. The Morgan fingerprint density at radius 2 is 1.70 bits per heavy atom. The summed E-state index contributed by atoms with van der Waals surface area (Å²) in [7, 11) is 1.64. The summed E-state index contributed by atoms with van der Waals surface area (Å²) >= 11 is 0. The Morgan fingerprint density at radius 1 is 1.09 bits per heavy atom. The van der Waals surface area contributed by atoms with E-state index in [0.717, 1.165) is 5.56 Å². The molecule has 7 heteroatoms. The van der Waals surface area contributed by atoms with Crippen LogP contribution in [0.1, 0.15) is 18.6 Å². The summed E-state index contributed by atoms with van der Waals surface area (Å²) in [4.78, 5) is 1.58. The summed E-state index contributed by atoms with van der Waals surface area (Å²) in [6, 6.07) is 8.64. The van der Waals surface area contributed by atoms with Crippen LogP contribution in [0.3, 0.4) is 0 Å². The molecule has 0 aromatic heterocycles. The van der Waals surface area contributed by atoms with Crippen LogP contribution in [0.4, 0.5) is 0 Å². The van der Waals surface area contributed by atoms with Crippen LogP contribution in [0.25, 0.3) is 0 Å². The third-order valence-electron chi connectivity index (χ3n) is 4.51. The number of hydrogen-bond donors (Lipinski definition) is 5. The Hall–Kier alpha value is -1.06. The molecule has 5 N–H and O–H groups in total. The van der Waals surface area contributed by atoms with Crippen molar-refractivity contribution in [3.63, 3.8) is 0 Å². The largest absolute Gasteiger partial charge is 0.394 e. The molecule has 1 aliphatic rings. The van der Waals surface area contributed by atoms with Crippen LogP contribution in [0, 0.1) is 0 Å². The van der Waals surface area contributed by atoms with Crippen molar-refractivity contribution in [2.75, 3.05) is 13.7 Å². The van der Waals surface area contributed by atoms with Gasteiger partial charge in [0, 0.05) is 6.04 Å². The number of nitrogens with zero attached hydrogens (tertiary/aromatic N) is 1. The van der Waals surface area contributed by atoms with E-state index in [2.05, 4.69) is 0 Å². The minimum atomic E-state index is -1.44. The van der Waals surface area contributed by atoms with Crippen LogP contribution >= 0.6 is 0 Å². The highest BCUT2D eigenvalue weighted by molar-refractivity contribution is 5.18. The predicted molar refractivity (Wildman–Crippen MR) is 82.4 cm³/mol. The molecule has 1 aromatic carbocycles. The fraction of sp³-hybridized carbons (Fsp3) is 0.625. The number of rotatable bonds is 5. The van der Waals surface area contributed by atoms with Crippen LogP contribution in [-0.2, 0) is 4.74 Å². The molecule has 1 heterocycles. The third kappa shape index (κ3) is 3.72. The molecule has 0 spiro atoms. The van der Waals surface area contributed by atoms with E-state index in [0.29, 0.717) is 0 Å². The first-order chi connectivity index (χ1) is 10.9. The van der Waals surface area contributed by atoms with E-state index in [9.17, 15) is 25.5 Å². The van der Waals surface area contributed by atoms with Gasteiger partial charge in [0.25, 0.3) is 0 Å². The second-order valence-corrected chi connectivity index (χ2v) is 5.98. The van der Waals surface area contributed by atoms with Crippen LogP contribution < -0.4 is 0 Å². The van der Waals surface area contributed by atoms with Crippen molar-refractivity contribution >= 4 is 0 Å². The quantitative estimate of drug-likeness (QED) is 0.463. The minimum absolute atomic E-state index is 0.432. The lowest BCUT2D eigenvalue weighted by Gasteiger charge is -2.45. The molecule has 0 bridgehead atoms. The van der Waals surface area contributed by atoms with Gasteiger partial charge in [0.2, 0.25) is 0 Å². The van der Waals surface area contributed by atoms with E-state index in [1.807, 2.05) is 18.2 Å². The summed E-state index contributed by atoms with van der Waals surface area (Å²) in [6.45, 7) is 1.28. The highest BCUT2D eigenvalue weighted by atomic mass is 16.6. The van der Waals surface area contributed by atoms with E-state index in [4.69, 9.17) is 4.74 Å². The summed E-state index contributed by atoms with van der Waals surface area (Å²) in [5.74, 6) is 0. The molecule has 23 heavy (non-hydrogen) atoms. The molecule has 130 valence electrons. The zero-order valence-corrected chi connectivity index (χ0v) is 13.2. The number of likely N-dealkylation sites (N-methyl/N-ethyl adjacent to an activating group) is 1. The molecule has 0 unspecified atom stereocenters. The molecule has 0 aliphatic carbocycles. The second kappa shape index (κ2) is 7.67. The summed E-state index contributed by atoms with van der Waals surface area (Å²) in [5.41, 5.74) is 0.719. The van der Waals surface area contributed by atoms with E-state index in [-0.39, 0.29) is 0 Å². The van der Waals surface area contributed by atoms with Crippen molar-refractivity contribution in [1.29, 1.82) is 0 Å². The number of aliphatic hydroxyl groups is 5. The first-order valence-electron chi connectivity index (χ1n) is 7.64. The Morgan fingerprint density at radius 3 is 2.26 bits per heavy atom. The SMILES string of the molecule is C[C@@H]([C@@H](O)c1ccccc1)N(C)[C@@H]1O[C@H](CO)[C@H](O)[C@H](O)[C@H]1O. The minimum Gasteiger partial charge on any atom is -0.394 e. The van der Waals surface area contributed by atoms with Gasteiger partial charge in [-0.05, 0) is 19.5 Å². The van der Waals surface area contributed by atoms with Gasteiger partial charge in [0.05, 0.1) is 12.7 Å². The molecular formula is C16H25NO6. The van der Waals surface area contributed by atoms with Gasteiger partial charge < -0.3 is 30.3 Å². The van der Waals surface area contributed by atoms with Gasteiger partial charge in [-0.1, -0.05) is 30.3 Å². The van der Waals surface area contributed by atoms with Gasteiger partial charge >= 0.3 is 0 Å². The summed E-state index contributed by atoms with van der Waals surface area (Å²) in [5, 5.41) is 49.6. The van der Waals surface area contributed by atoms with Crippen molar-refractivity contribution < 1.29 is 30.3 Å². The highest BCUT2D eigenvalue weighted by Gasteiger charge is 2.46. The van der Waals surface area contributed by atoms with E-state index >= 15 is 0 Å². The fourth-order valence-electron chi connectivity index (χ4n) is 2.80. The molecule has 0 radical (unpaired) electrons. The Balaban J connectivity index is 2.13. The zero-order valence-electron chi connectivity index (χ0n) is 13.2. The van der Waals surface area contributed by atoms with Gasteiger partial charge in [-0.25, -0.2) is 0 Å². The van der Waals surface area contributed by atoms with Crippen LogP contribution in [0.5, 0.6) is 0 Å². The molecule has 1 fully saturated rings. The van der Waals surface area contributed by atoms with Gasteiger partial charge in [0.1, 0.15) is 30.6 Å². The average Bonchev–Trinajstić information content (AvgIpc) is 2.59. The van der Waals surface area contributed by atoms with Crippen molar-refractivity contribution in [2.45, 2.75) is 49.7 Å². The zero-order chi connectivity index (χ0) is 17.1. The topological polar surface area (TPSA) is 114 Å². The maximum Gasteiger partial charge on any atom is 0.140 e. The molecular weight excluding hydrogens is 302 g/mol. The van der Waals surface area contributed by atoms with Crippen LogP contribution in [0.2, 0.25) is 0 Å². The summed E-state index contributed by atoms with van der Waals surface area (Å²) in [6.07, 6.45) is -6.94. The lowest BCUT2D eigenvalue weighted by Crippen LogP contribution is -2.64. The van der Waals surface area contributed by atoms with E-state index in [1.165, 1.54) is 0 Å². The molecule has 7 atom stereocenters. The maximum atomic E-state index is 10.5. The lowest BCUT2D eigenvalue weighted by molar-refractivity contribution is -0.269.